The van der Waals surface area contributed by atoms with Gasteiger partial charge in [0.25, 0.3) is 5.91 Å². The van der Waals surface area contributed by atoms with E-state index in [9.17, 15) is 4.79 Å². The van der Waals surface area contributed by atoms with E-state index in [1.807, 2.05) is 48.7 Å². The maximum absolute atomic E-state index is 12.5. The highest BCUT2D eigenvalue weighted by atomic mass is 32.2. The Morgan fingerprint density at radius 3 is 2.65 bits per heavy atom. The molecule has 1 aromatic carbocycles. The third-order valence-electron chi connectivity index (χ3n) is 3.25. The standard InChI is InChI=1S/C18H20N2O2S/c1-22-16-9-6-15(7-10-16)8-11-18(21)20(13-14-23-2)17-5-3-4-12-19-17/h3-12H,13-14H2,1-2H3. The van der Waals surface area contributed by atoms with Gasteiger partial charge in [-0.05, 0) is 42.2 Å². The minimum absolute atomic E-state index is 0.0754. The van der Waals surface area contributed by atoms with Crippen LogP contribution in [0.5, 0.6) is 5.75 Å². The van der Waals surface area contributed by atoms with Crippen molar-refractivity contribution in [2.45, 2.75) is 0 Å². The Bertz CT molecular complexity index is 642. The molecule has 1 aromatic heterocycles. The third kappa shape index (κ3) is 5.14. The molecule has 0 saturated carbocycles. The molecule has 2 aromatic rings. The number of pyridine rings is 1. The molecule has 4 nitrogen and oxygen atoms in total. The number of ether oxygens (including phenoxy) is 1. The first-order chi connectivity index (χ1) is 11.2. The quantitative estimate of drug-likeness (QED) is 0.730. The first-order valence-electron chi connectivity index (χ1n) is 7.28. The first-order valence-corrected chi connectivity index (χ1v) is 8.67. The molecule has 1 heterocycles. The number of carbonyl (C=O) groups excluding carboxylic acids is 1. The molecule has 0 aliphatic rings. The minimum atomic E-state index is -0.0754. The number of rotatable bonds is 7. The van der Waals surface area contributed by atoms with Crippen LogP contribution in [-0.2, 0) is 4.79 Å². The van der Waals surface area contributed by atoms with E-state index in [0.29, 0.717) is 12.4 Å². The van der Waals surface area contributed by atoms with Gasteiger partial charge in [0, 0.05) is 24.6 Å². The van der Waals surface area contributed by atoms with Gasteiger partial charge in [-0.15, -0.1) is 0 Å². The lowest BCUT2D eigenvalue weighted by atomic mass is 10.2. The highest BCUT2D eigenvalue weighted by molar-refractivity contribution is 7.98. The predicted octanol–water partition coefficient (Wildman–Crippen LogP) is 3.50. The average molecular weight is 328 g/mol. The van der Waals surface area contributed by atoms with E-state index < -0.39 is 0 Å². The molecule has 0 spiro atoms. The van der Waals surface area contributed by atoms with Crippen molar-refractivity contribution in [3.05, 3.63) is 60.3 Å². The summed E-state index contributed by atoms with van der Waals surface area (Å²) < 4.78 is 5.13. The second-order valence-corrected chi connectivity index (χ2v) is 5.76. The van der Waals surface area contributed by atoms with Crippen LogP contribution >= 0.6 is 11.8 Å². The Balaban J connectivity index is 2.11. The Kier molecular flexibility index (Phi) is 6.69. The summed E-state index contributed by atoms with van der Waals surface area (Å²) in [6, 6.07) is 13.1. The number of nitrogens with zero attached hydrogens (tertiary/aromatic N) is 2. The lowest BCUT2D eigenvalue weighted by Crippen LogP contribution is -2.32. The number of anilines is 1. The molecular weight excluding hydrogens is 308 g/mol. The van der Waals surface area contributed by atoms with Crippen LogP contribution in [0.25, 0.3) is 6.08 Å². The van der Waals surface area contributed by atoms with E-state index in [1.165, 1.54) is 0 Å². The third-order valence-corrected chi connectivity index (χ3v) is 3.84. The molecule has 5 heteroatoms. The fourth-order valence-corrected chi connectivity index (χ4v) is 2.37. The zero-order chi connectivity index (χ0) is 16.5. The van der Waals surface area contributed by atoms with E-state index in [2.05, 4.69) is 4.98 Å². The maximum atomic E-state index is 12.5. The predicted molar refractivity (Wildman–Crippen MR) is 97.0 cm³/mol. The Morgan fingerprint density at radius 2 is 2.04 bits per heavy atom. The largest absolute Gasteiger partial charge is 0.497 e. The summed E-state index contributed by atoms with van der Waals surface area (Å²) in [6.07, 6.45) is 7.10. The summed E-state index contributed by atoms with van der Waals surface area (Å²) in [7, 11) is 1.63. The topological polar surface area (TPSA) is 42.4 Å². The van der Waals surface area contributed by atoms with Crippen molar-refractivity contribution in [1.82, 2.24) is 4.98 Å². The van der Waals surface area contributed by atoms with Gasteiger partial charge in [0.05, 0.1) is 7.11 Å². The first kappa shape index (κ1) is 17.1. The van der Waals surface area contributed by atoms with Crippen LogP contribution in [0.2, 0.25) is 0 Å². The van der Waals surface area contributed by atoms with Gasteiger partial charge in [-0.2, -0.15) is 11.8 Å². The molecule has 0 bridgehead atoms. The number of hydrogen-bond donors (Lipinski definition) is 0. The van der Waals surface area contributed by atoms with Gasteiger partial charge in [0.15, 0.2) is 0 Å². The van der Waals surface area contributed by atoms with Crippen molar-refractivity contribution in [3.63, 3.8) is 0 Å². The average Bonchev–Trinajstić information content (AvgIpc) is 2.61. The van der Waals surface area contributed by atoms with Gasteiger partial charge in [-0.1, -0.05) is 18.2 Å². The van der Waals surface area contributed by atoms with E-state index in [0.717, 1.165) is 17.1 Å². The lowest BCUT2D eigenvalue weighted by Gasteiger charge is -2.19. The molecule has 0 saturated heterocycles. The minimum Gasteiger partial charge on any atom is -0.497 e. The highest BCUT2D eigenvalue weighted by Gasteiger charge is 2.13. The molecule has 0 aliphatic carbocycles. The summed E-state index contributed by atoms with van der Waals surface area (Å²) in [4.78, 5) is 18.5. The monoisotopic (exact) mass is 328 g/mol. The summed E-state index contributed by atoms with van der Waals surface area (Å²) in [6.45, 7) is 0.629. The van der Waals surface area contributed by atoms with Crippen LogP contribution < -0.4 is 9.64 Å². The Morgan fingerprint density at radius 1 is 1.26 bits per heavy atom. The number of aromatic nitrogens is 1. The second kappa shape index (κ2) is 9.00. The number of carbonyl (C=O) groups is 1. The van der Waals surface area contributed by atoms with Gasteiger partial charge in [0.2, 0.25) is 0 Å². The maximum Gasteiger partial charge on any atom is 0.252 e. The van der Waals surface area contributed by atoms with Crippen molar-refractivity contribution < 1.29 is 9.53 Å². The van der Waals surface area contributed by atoms with Crippen molar-refractivity contribution >= 4 is 29.6 Å². The summed E-state index contributed by atoms with van der Waals surface area (Å²) in [5.74, 6) is 2.25. The van der Waals surface area contributed by atoms with Crippen LogP contribution in [0.15, 0.2) is 54.7 Å². The SMILES string of the molecule is COc1ccc(C=CC(=O)N(CCSC)c2ccccn2)cc1. The summed E-state index contributed by atoms with van der Waals surface area (Å²) in [5, 5.41) is 0. The number of methoxy groups -OCH3 is 1. The molecular formula is C18H20N2O2S. The molecule has 0 fully saturated rings. The second-order valence-electron chi connectivity index (χ2n) is 4.78. The molecule has 120 valence electrons. The molecule has 0 atom stereocenters. The van der Waals surface area contributed by atoms with Gasteiger partial charge >= 0.3 is 0 Å². The van der Waals surface area contributed by atoms with Gasteiger partial charge < -0.3 is 4.74 Å². The molecule has 0 aliphatic heterocycles. The van der Waals surface area contributed by atoms with E-state index >= 15 is 0 Å². The number of benzene rings is 1. The van der Waals surface area contributed by atoms with Crippen molar-refractivity contribution in [2.24, 2.45) is 0 Å². The Hall–Kier alpha value is -2.27. The van der Waals surface area contributed by atoms with Crippen LogP contribution in [0, 0.1) is 0 Å². The number of thioether (sulfide) groups is 1. The summed E-state index contributed by atoms with van der Waals surface area (Å²) in [5.41, 5.74) is 0.949. The molecule has 0 radical (unpaired) electrons. The van der Waals surface area contributed by atoms with Gasteiger partial charge in [0.1, 0.15) is 11.6 Å². The summed E-state index contributed by atoms with van der Waals surface area (Å²) >= 11 is 1.70. The zero-order valence-electron chi connectivity index (χ0n) is 13.3. The Labute approximate surface area is 141 Å². The van der Waals surface area contributed by atoms with E-state index in [-0.39, 0.29) is 5.91 Å². The highest BCUT2D eigenvalue weighted by Crippen LogP contribution is 2.14. The molecule has 23 heavy (non-hydrogen) atoms. The van der Waals surface area contributed by atoms with Crippen LogP contribution in [0.3, 0.4) is 0 Å². The molecule has 2 rings (SSSR count). The van der Waals surface area contributed by atoms with Gasteiger partial charge in [-0.25, -0.2) is 4.98 Å². The van der Waals surface area contributed by atoms with E-state index in [1.54, 1.807) is 42.1 Å². The zero-order valence-corrected chi connectivity index (χ0v) is 14.1. The molecule has 0 N–H and O–H groups in total. The van der Waals surface area contributed by atoms with Crippen LogP contribution in [0.4, 0.5) is 5.82 Å². The van der Waals surface area contributed by atoms with E-state index in [4.69, 9.17) is 4.74 Å². The fourth-order valence-electron chi connectivity index (χ4n) is 2.01. The molecule has 0 unspecified atom stereocenters. The van der Waals surface area contributed by atoms with Crippen molar-refractivity contribution in [3.8, 4) is 5.75 Å². The smallest absolute Gasteiger partial charge is 0.252 e. The van der Waals surface area contributed by atoms with Crippen molar-refractivity contribution in [1.29, 1.82) is 0 Å². The van der Waals surface area contributed by atoms with Gasteiger partial charge in [-0.3, -0.25) is 9.69 Å². The van der Waals surface area contributed by atoms with Crippen LogP contribution in [0.1, 0.15) is 5.56 Å². The fraction of sp³-hybridized carbons (Fsp3) is 0.222. The van der Waals surface area contributed by atoms with Crippen molar-refractivity contribution in [2.75, 3.05) is 30.6 Å². The molecule has 1 amide bonds. The normalized spacial score (nSPS) is 10.7. The lowest BCUT2D eigenvalue weighted by molar-refractivity contribution is -0.114. The van der Waals surface area contributed by atoms with Crippen LogP contribution in [-0.4, -0.2) is 36.6 Å². The number of hydrogen-bond acceptors (Lipinski definition) is 4. The number of amides is 1.